The maximum absolute atomic E-state index is 12.6. The molecule has 6 heteroatoms. The minimum absolute atomic E-state index is 0.00828. The molecule has 28 heavy (non-hydrogen) atoms. The van der Waals surface area contributed by atoms with E-state index in [2.05, 4.69) is 18.0 Å². The number of H-pyrrole nitrogens is 1. The molecule has 3 heterocycles. The second-order valence-corrected chi connectivity index (χ2v) is 8.26. The molecule has 3 aromatic rings. The topological polar surface area (TPSA) is 66.1 Å². The Hall–Kier alpha value is -2.60. The fourth-order valence-electron chi connectivity index (χ4n) is 3.60. The van der Waals surface area contributed by atoms with Crippen molar-refractivity contribution in [3.05, 3.63) is 58.9 Å². The average Bonchev–Trinajstić information content (AvgIpc) is 3.38. The molecule has 0 radical (unpaired) electrons. The highest BCUT2D eigenvalue weighted by Gasteiger charge is 2.21. The van der Waals surface area contributed by atoms with Crippen LogP contribution in [0.25, 0.3) is 10.9 Å². The Morgan fingerprint density at radius 1 is 1.14 bits per heavy atom. The number of nitrogens with one attached hydrogen (secondary N) is 1. The lowest BCUT2D eigenvalue weighted by molar-refractivity contribution is 0.0787. The number of carbonyl (C=O) groups is 2. The van der Waals surface area contributed by atoms with E-state index in [1.807, 2.05) is 30.0 Å². The van der Waals surface area contributed by atoms with Crippen LogP contribution < -0.4 is 0 Å². The van der Waals surface area contributed by atoms with E-state index in [-0.39, 0.29) is 11.7 Å². The molecular formula is C22H23N3O2S. The number of para-hydroxylation sites is 1. The van der Waals surface area contributed by atoms with Crippen LogP contribution >= 0.6 is 11.8 Å². The van der Waals surface area contributed by atoms with Crippen molar-refractivity contribution in [1.82, 2.24) is 14.9 Å². The summed E-state index contributed by atoms with van der Waals surface area (Å²) in [7, 11) is 0. The summed E-state index contributed by atoms with van der Waals surface area (Å²) < 4.78 is 0. The van der Waals surface area contributed by atoms with Gasteiger partial charge in [-0.1, -0.05) is 30.0 Å². The fraction of sp³-hybridized carbons (Fsp3) is 0.318. The summed E-state index contributed by atoms with van der Waals surface area (Å²) in [5.41, 5.74) is 4.31. The molecule has 1 N–H and O–H groups in total. The first-order valence-electron chi connectivity index (χ1n) is 9.53. The van der Waals surface area contributed by atoms with Gasteiger partial charge in [0.1, 0.15) is 5.69 Å². The third-order valence-electron chi connectivity index (χ3n) is 5.20. The Labute approximate surface area is 168 Å². The van der Waals surface area contributed by atoms with Gasteiger partial charge in [0.05, 0.1) is 16.3 Å². The van der Waals surface area contributed by atoms with Crippen molar-refractivity contribution in [2.24, 2.45) is 0 Å². The summed E-state index contributed by atoms with van der Waals surface area (Å²) in [5.74, 6) is 0.261. The Morgan fingerprint density at radius 3 is 2.71 bits per heavy atom. The number of thioether (sulfide) groups is 1. The van der Waals surface area contributed by atoms with E-state index in [4.69, 9.17) is 4.98 Å². The van der Waals surface area contributed by atoms with Crippen LogP contribution in [-0.4, -0.2) is 45.4 Å². The minimum atomic E-state index is -0.0218. The molecule has 0 saturated carbocycles. The smallest absolute Gasteiger partial charge is 0.270 e. The molecule has 1 amide bonds. The van der Waals surface area contributed by atoms with E-state index >= 15 is 0 Å². The maximum Gasteiger partial charge on any atom is 0.270 e. The number of carbonyl (C=O) groups excluding carboxylic acids is 2. The van der Waals surface area contributed by atoms with Crippen LogP contribution in [0.15, 0.2) is 41.6 Å². The predicted octanol–water partition coefficient (Wildman–Crippen LogP) is 4.39. The highest BCUT2D eigenvalue weighted by atomic mass is 32.2. The minimum Gasteiger partial charge on any atom is -0.356 e. The molecule has 0 spiro atoms. The van der Waals surface area contributed by atoms with Crippen molar-refractivity contribution >= 4 is 34.4 Å². The zero-order valence-corrected chi connectivity index (χ0v) is 16.9. The third kappa shape index (κ3) is 3.69. The van der Waals surface area contributed by atoms with Crippen LogP contribution in [0.2, 0.25) is 0 Å². The summed E-state index contributed by atoms with van der Waals surface area (Å²) >= 11 is 1.43. The first-order valence-corrected chi connectivity index (χ1v) is 10.5. The molecule has 4 rings (SSSR count). The first kappa shape index (κ1) is 18.7. The standard InChI is InChI=1S/C22H23N3O2S/c1-14-6-5-7-17-15(2)10-20(24-21(14)17)28-13-19(26)16-11-18(23-12-16)22(27)25-8-3-4-9-25/h5-7,10-12,23H,3-4,8-9,13H2,1-2H3. The van der Waals surface area contributed by atoms with Crippen LogP contribution in [-0.2, 0) is 0 Å². The molecule has 1 aromatic carbocycles. The van der Waals surface area contributed by atoms with Crippen molar-refractivity contribution in [2.45, 2.75) is 31.7 Å². The second-order valence-electron chi connectivity index (χ2n) is 7.26. The molecule has 0 aliphatic carbocycles. The van der Waals surface area contributed by atoms with Crippen LogP contribution in [0.1, 0.15) is 44.8 Å². The number of benzene rings is 1. The molecule has 0 bridgehead atoms. The molecule has 5 nitrogen and oxygen atoms in total. The predicted molar refractivity (Wildman–Crippen MR) is 112 cm³/mol. The Kier molecular flexibility index (Phi) is 5.22. The second kappa shape index (κ2) is 7.80. The van der Waals surface area contributed by atoms with E-state index in [1.165, 1.54) is 11.8 Å². The monoisotopic (exact) mass is 393 g/mol. The molecule has 2 aromatic heterocycles. The van der Waals surface area contributed by atoms with E-state index in [9.17, 15) is 9.59 Å². The van der Waals surface area contributed by atoms with Gasteiger partial charge >= 0.3 is 0 Å². The van der Waals surface area contributed by atoms with Crippen LogP contribution in [0.3, 0.4) is 0 Å². The number of ketones is 1. The van der Waals surface area contributed by atoms with Gasteiger partial charge in [0, 0.05) is 30.2 Å². The van der Waals surface area contributed by atoms with Crippen molar-refractivity contribution in [3.8, 4) is 0 Å². The molecule has 144 valence electrons. The highest BCUT2D eigenvalue weighted by Crippen LogP contribution is 2.26. The quantitative estimate of drug-likeness (QED) is 0.516. The molecule has 1 aliphatic rings. The Morgan fingerprint density at radius 2 is 1.93 bits per heavy atom. The lowest BCUT2D eigenvalue weighted by atomic mass is 10.1. The van der Waals surface area contributed by atoms with Crippen molar-refractivity contribution in [1.29, 1.82) is 0 Å². The summed E-state index contributed by atoms with van der Waals surface area (Å²) in [4.78, 5) is 34.5. The number of hydrogen-bond acceptors (Lipinski definition) is 4. The number of likely N-dealkylation sites (tertiary alicyclic amines) is 1. The average molecular weight is 394 g/mol. The number of nitrogens with zero attached hydrogens (tertiary/aromatic N) is 2. The lowest BCUT2D eigenvalue weighted by Gasteiger charge is -2.13. The number of hydrogen-bond donors (Lipinski definition) is 1. The molecular weight excluding hydrogens is 370 g/mol. The number of pyridine rings is 1. The molecule has 1 aliphatic heterocycles. The van der Waals surface area contributed by atoms with Crippen molar-refractivity contribution < 1.29 is 9.59 Å². The molecule has 1 saturated heterocycles. The van der Waals surface area contributed by atoms with Gasteiger partial charge in [0.25, 0.3) is 5.91 Å². The van der Waals surface area contributed by atoms with Crippen molar-refractivity contribution in [2.75, 3.05) is 18.8 Å². The van der Waals surface area contributed by atoms with E-state index in [0.717, 1.165) is 53.0 Å². The van der Waals surface area contributed by atoms with Gasteiger partial charge in [-0.15, -0.1) is 0 Å². The number of rotatable bonds is 5. The molecule has 0 atom stereocenters. The summed E-state index contributed by atoms with van der Waals surface area (Å²) in [6, 6.07) is 9.86. The Balaban J connectivity index is 1.45. The molecule has 1 fully saturated rings. The van der Waals surface area contributed by atoms with Gasteiger partial charge in [-0.05, 0) is 49.9 Å². The third-order valence-corrected chi connectivity index (χ3v) is 6.12. The maximum atomic E-state index is 12.6. The van der Waals surface area contributed by atoms with Gasteiger partial charge in [0.15, 0.2) is 5.78 Å². The summed E-state index contributed by atoms with van der Waals surface area (Å²) in [6.45, 7) is 5.71. The fourth-order valence-corrected chi connectivity index (χ4v) is 4.46. The van der Waals surface area contributed by atoms with Crippen molar-refractivity contribution in [3.63, 3.8) is 0 Å². The van der Waals surface area contributed by atoms with Gasteiger partial charge in [0.2, 0.25) is 0 Å². The summed E-state index contributed by atoms with van der Waals surface area (Å²) in [6.07, 6.45) is 3.73. The van der Waals surface area contributed by atoms with E-state index in [1.54, 1.807) is 12.3 Å². The van der Waals surface area contributed by atoms with Gasteiger partial charge in [-0.3, -0.25) is 9.59 Å². The van der Waals surface area contributed by atoms with Crippen LogP contribution in [0, 0.1) is 13.8 Å². The lowest BCUT2D eigenvalue weighted by Crippen LogP contribution is -2.27. The Bertz CT molecular complexity index is 1050. The van der Waals surface area contributed by atoms with Crippen LogP contribution in [0.4, 0.5) is 0 Å². The SMILES string of the molecule is Cc1cc(SCC(=O)c2c[nH]c(C(=O)N3CCCC3)c2)nc2c(C)cccc12. The number of Topliss-reactive ketones (excluding diaryl/α,β-unsaturated/α-hetero) is 1. The van der Waals surface area contributed by atoms with Gasteiger partial charge < -0.3 is 9.88 Å². The number of fused-ring (bicyclic) bond motifs is 1. The number of amides is 1. The number of aromatic amines is 1. The molecule has 0 unspecified atom stereocenters. The first-order chi connectivity index (χ1) is 13.5. The zero-order chi connectivity index (χ0) is 19.7. The highest BCUT2D eigenvalue weighted by molar-refractivity contribution is 7.99. The van der Waals surface area contributed by atoms with Crippen LogP contribution in [0.5, 0.6) is 0 Å². The normalized spacial score (nSPS) is 14.0. The number of aryl methyl sites for hydroxylation is 2. The van der Waals surface area contributed by atoms with Gasteiger partial charge in [-0.25, -0.2) is 4.98 Å². The van der Waals surface area contributed by atoms with E-state index < -0.39 is 0 Å². The number of aromatic nitrogens is 2. The zero-order valence-electron chi connectivity index (χ0n) is 16.1. The summed E-state index contributed by atoms with van der Waals surface area (Å²) in [5, 5.41) is 1.99. The largest absolute Gasteiger partial charge is 0.356 e. The van der Waals surface area contributed by atoms with E-state index in [0.29, 0.717) is 17.0 Å². The van der Waals surface area contributed by atoms with Gasteiger partial charge in [-0.2, -0.15) is 0 Å².